The van der Waals surface area contributed by atoms with Gasteiger partial charge in [0.2, 0.25) is 0 Å². The van der Waals surface area contributed by atoms with E-state index in [1.54, 1.807) is 0 Å². The highest BCUT2D eigenvalue weighted by atomic mass is 14.9. The van der Waals surface area contributed by atoms with Crippen molar-refractivity contribution in [1.82, 2.24) is 5.32 Å². The molecule has 0 heterocycles. The number of rotatable bonds is 6. The quantitative estimate of drug-likeness (QED) is 0.548. The Morgan fingerprint density at radius 3 is 2.60 bits per heavy atom. The summed E-state index contributed by atoms with van der Waals surface area (Å²) in [5.41, 5.74) is 5.37. The summed E-state index contributed by atoms with van der Waals surface area (Å²) in [6.45, 7) is 6.27. The van der Waals surface area contributed by atoms with Gasteiger partial charge in [-0.2, -0.15) is 0 Å². The summed E-state index contributed by atoms with van der Waals surface area (Å²) in [4.78, 5) is 0. The molecule has 0 fully saturated rings. The lowest BCUT2D eigenvalue weighted by Crippen LogP contribution is -2.25. The molecule has 1 unspecified atom stereocenters. The Kier molecular flexibility index (Phi) is 6.98. The molecule has 2 nitrogen and oxygen atoms in total. The number of hydrogen-bond donors (Lipinski definition) is 2. The fourth-order valence-electron chi connectivity index (χ4n) is 1.05. The molecule has 0 radical (unpaired) electrons. The zero-order chi connectivity index (χ0) is 7.82. The third kappa shape index (κ3) is 6.05. The normalized spacial score (nSPS) is 13.5. The highest BCUT2D eigenvalue weighted by Gasteiger charge is 1.96. The van der Waals surface area contributed by atoms with Crippen molar-refractivity contribution in [3.63, 3.8) is 0 Å². The molecule has 0 aliphatic carbocycles. The first-order chi connectivity index (χ1) is 4.81. The molecule has 0 aliphatic heterocycles. The first-order valence-corrected chi connectivity index (χ1v) is 4.24. The fourth-order valence-corrected chi connectivity index (χ4v) is 1.05. The third-order valence-electron chi connectivity index (χ3n) is 1.64. The van der Waals surface area contributed by atoms with E-state index in [9.17, 15) is 0 Å². The summed E-state index contributed by atoms with van der Waals surface area (Å²) in [5, 5.41) is 3.36. The first kappa shape index (κ1) is 9.92. The molecule has 0 aromatic heterocycles. The van der Waals surface area contributed by atoms with Crippen LogP contribution in [0.4, 0.5) is 0 Å². The second-order valence-corrected chi connectivity index (χ2v) is 2.74. The van der Waals surface area contributed by atoms with Crippen LogP contribution in [0.2, 0.25) is 0 Å². The van der Waals surface area contributed by atoms with Crippen LogP contribution in [0.25, 0.3) is 0 Å². The van der Waals surface area contributed by atoms with Crippen molar-refractivity contribution in [3.8, 4) is 0 Å². The molecule has 0 saturated carbocycles. The molecule has 1 atom stereocenters. The van der Waals surface area contributed by atoms with Crippen LogP contribution in [-0.4, -0.2) is 19.1 Å². The van der Waals surface area contributed by atoms with Gasteiger partial charge in [-0.25, -0.2) is 0 Å². The van der Waals surface area contributed by atoms with E-state index in [0.29, 0.717) is 6.04 Å². The molecule has 0 spiro atoms. The Bertz CT molecular complexity index is 64.3. The smallest absolute Gasteiger partial charge is 0.00386 e. The molecule has 3 N–H and O–H groups in total. The average Bonchev–Trinajstić information content (AvgIpc) is 1.89. The maximum Gasteiger partial charge on any atom is 0.00386 e. The molecular weight excluding hydrogens is 124 g/mol. The van der Waals surface area contributed by atoms with Crippen molar-refractivity contribution >= 4 is 0 Å². The van der Waals surface area contributed by atoms with E-state index in [4.69, 9.17) is 5.73 Å². The van der Waals surface area contributed by atoms with E-state index in [2.05, 4.69) is 19.2 Å². The fraction of sp³-hybridized carbons (Fsp3) is 1.00. The summed E-state index contributed by atoms with van der Waals surface area (Å²) in [6, 6.07) is 0.663. The highest BCUT2D eigenvalue weighted by molar-refractivity contribution is 4.58. The maximum absolute atomic E-state index is 5.37. The molecule has 0 rings (SSSR count). The lowest BCUT2D eigenvalue weighted by molar-refractivity contribution is 0.504. The van der Waals surface area contributed by atoms with Gasteiger partial charge in [0.15, 0.2) is 0 Å². The standard InChI is InChI=1S/C8H20N2/c1-3-10-8(2)6-4-5-7-9/h8,10H,3-7,9H2,1-2H3. The summed E-state index contributed by atoms with van der Waals surface area (Å²) in [7, 11) is 0. The largest absolute Gasteiger partial charge is 0.330 e. The van der Waals surface area contributed by atoms with Crippen LogP contribution >= 0.6 is 0 Å². The Labute approximate surface area is 64.2 Å². The average molecular weight is 144 g/mol. The molecule has 62 valence electrons. The van der Waals surface area contributed by atoms with Crippen molar-refractivity contribution in [3.05, 3.63) is 0 Å². The topological polar surface area (TPSA) is 38.0 Å². The summed E-state index contributed by atoms with van der Waals surface area (Å²) < 4.78 is 0. The van der Waals surface area contributed by atoms with Gasteiger partial charge in [-0.1, -0.05) is 13.3 Å². The monoisotopic (exact) mass is 144 g/mol. The summed E-state index contributed by atoms with van der Waals surface area (Å²) >= 11 is 0. The van der Waals surface area contributed by atoms with E-state index in [0.717, 1.165) is 19.5 Å². The van der Waals surface area contributed by atoms with Gasteiger partial charge in [0.05, 0.1) is 0 Å². The van der Waals surface area contributed by atoms with E-state index in [1.165, 1.54) is 12.8 Å². The van der Waals surface area contributed by atoms with E-state index < -0.39 is 0 Å². The van der Waals surface area contributed by atoms with E-state index in [-0.39, 0.29) is 0 Å². The van der Waals surface area contributed by atoms with Gasteiger partial charge in [0.1, 0.15) is 0 Å². The Hall–Kier alpha value is -0.0800. The molecule has 0 amide bonds. The minimum absolute atomic E-state index is 0.663. The number of nitrogens with one attached hydrogen (secondary N) is 1. The SMILES string of the molecule is CCNC(C)CCCCN. The van der Waals surface area contributed by atoms with Gasteiger partial charge in [-0.3, -0.25) is 0 Å². The van der Waals surface area contributed by atoms with Crippen LogP contribution in [0.1, 0.15) is 33.1 Å². The highest BCUT2D eigenvalue weighted by Crippen LogP contribution is 1.98. The molecule has 10 heavy (non-hydrogen) atoms. The van der Waals surface area contributed by atoms with E-state index >= 15 is 0 Å². The molecule has 0 aliphatic rings. The Balaban J connectivity index is 2.97. The third-order valence-corrected chi connectivity index (χ3v) is 1.64. The van der Waals surface area contributed by atoms with Gasteiger partial charge in [0.25, 0.3) is 0 Å². The Morgan fingerprint density at radius 2 is 2.10 bits per heavy atom. The zero-order valence-electron chi connectivity index (χ0n) is 7.19. The second-order valence-electron chi connectivity index (χ2n) is 2.74. The lowest BCUT2D eigenvalue weighted by Gasteiger charge is -2.10. The lowest BCUT2D eigenvalue weighted by atomic mass is 10.1. The molecular formula is C8H20N2. The van der Waals surface area contributed by atoms with Gasteiger partial charge in [-0.15, -0.1) is 0 Å². The van der Waals surface area contributed by atoms with Crippen LogP contribution in [0.5, 0.6) is 0 Å². The van der Waals surface area contributed by atoms with Crippen LogP contribution in [0.15, 0.2) is 0 Å². The Morgan fingerprint density at radius 1 is 1.40 bits per heavy atom. The number of hydrogen-bond acceptors (Lipinski definition) is 2. The van der Waals surface area contributed by atoms with Crippen molar-refractivity contribution in [2.45, 2.75) is 39.2 Å². The molecule has 0 saturated heterocycles. The van der Waals surface area contributed by atoms with Gasteiger partial charge < -0.3 is 11.1 Å². The molecule has 0 bridgehead atoms. The number of unbranched alkanes of at least 4 members (excludes halogenated alkanes) is 1. The van der Waals surface area contributed by atoms with Crippen LogP contribution in [-0.2, 0) is 0 Å². The van der Waals surface area contributed by atoms with Crippen LogP contribution < -0.4 is 11.1 Å². The van der Waals surface area contributed by atoms with Gasteiger partial charge >= 0.3 is 0 Å². The summed E-state index contributed by atoms with van der Waals surface area (Å²) in [5.74, 6) is 0. The molecule has 2 heteroatoms. The molecule has 0 aromatic rings. The predicted octanol–water partition coefficient (Wildman–Crippen LogP) is 1.11. The number of nitrogens with two attached hydrogens (primary N) is 1. The second kappa shape index (κ2) is 7.03. The minimum Gasteiger partial charge on any atom is -0.330 e. The van der Waals surface area contributed by atoms with Crippen molar-refractivity contribution in [2.24, 2.45) is 5.73 Å². The first-order valence-electron chi connectivity index (χ1n) is 4.24. The summed E-state index contributed by atoms with van der Waals surface area (Å²) in [6.07, 6.45) is 3.67. The van der Waals surface area contributed by atoms with E-state index in [1.807, 2.05) is 0 Å². The van der Waals surface area contributed by atoms with Crippen molar-refractivity contribution in [1.29, 1.82) is 0 Å². The predicted molar refractivity (Wildman–Crippen MR) is 46.0 cm³/mol. The van der Waals surface area contributed by atoms with Gasteiger partial charge in [-0.05, 0) is 32.9 Å². The zero-order valence-corrected chi connectivity index (χ0v) is 7.19. The van der Waals surface area contributed by atoms with Crippen LogP contribution in [0, 0.1) is 0 Å². The van der Waals surface area contributed by atoms with Crippen molar-refractivity contribution < 1.29 is 0 Å². The van der Waals surface area contributed by atoms with Crippen LogP contribution in [0.3, 0.4) is 0 Å². The molecule has 0 aromatic carbocycles. The maximum atomic E-state index is 5.37. The van der Waals surface area contributed by atoms with Gasteiger partial charge in [0, 0.05) is 6.04 Å². The minimum atomic E-state index is 0.663. The van der Waals surface area contributed by atoms with Crippen molar-refractivity contribution in [2.75, 3.05) is 13.1 Å².